The summed E-state index contributed by atoms with van der Waals surface area (Å²) in [4.78, 5) is 41.9. The Labute approximate surface area is 180 Å². The van der Waals surface area contributed by atoms with Crippen LogP contribution in [0.2, 0.25) is 5.02 Å². The minimum absolute atomic E-state index is 0.168. The average Bonchev–Trinajstić information content (AvgIpc) is 2.75. The van der Waals surface area contributed by atoms with Crippen LogP contribution in [0.1, 0.15) is 19.3 Å². The number of piperazine rings is 1. The Kier molecular flexibility index (Phi) is 5.90. The molecule has 0 radical (unpaired) electrons. The maximum atomic E-state index is 12.6. The van der Waals surface area contributed by atoms with Gasteiger partial charge < -0.3 is 15.1 Å². The zero-order valence-electron chi connectivity index (χ0n) is 16.5. The summed E-state index contributed by atoms with van der Waals surface area (Å²) in [5.74, 6) is -0.360. The van der Waals surface area contributed by atoms with Gasteiger partial charge in [-0.2, -0.15) is 0 Å². The molecule has 2 aromatic rings. The van der Waals surface area contributed by atoms with E-state index >= 15 is 0 Å². The van der Waals surface area contributed by atoms with Gasteiger partial charge in [0.05, 0.1) is 5.69 Å². The molecule has 0 spiro atoms. The number of urea groups is 1. The van der Waals surface area contributed by atoms with Crippen molar-refractivity contribution in [1.29, 1.82) is 0 Å². The lowest BCUT2D eigenvalue weighted by Crippen LogP contribution is -2.50. The molecule has 4 amide bonds. The van der Waals surface area contributed by atoms with E-state index in [4.69, 9.17) is 11.6 Å². The van der Waals surface area contributed by atoms with E-state index in [0.29, 0.717) is 48.7 Å². The Morgan fingerprint density at radius 1 is 0.867 bits per heavy atom. The van der Waals surface area contributed by atoms with E-state index in [1.165, 1.54) is 4.90 Å². The molecule has 4 rings (SSSR count). The van der Waals surface area contributed by atoms with Gasteiger partial charge in [-0.15, -0.1) is 0 Å². The third-order valence-corrected chi connectivity index (χ3v) is 5.63. The minimum Gasteiger partial charge on any atom is -0.368 e. The minimum atomic E-state index is -0.180. The average molecular weight is 427 g/mol. The van der Waals surface area contributed by atoms with Gasteiger partial charge in [-0.3, -0.25) is 14.5 Å². The van der Waals surface area contributed by atoms with Crippen LogP contribution in [0, 0.1) is 0 Å². The number of piperidine rings is 1. The Balaban J connectivity index is 1.33. The molecule has 2 aromatic carbocycles. The van der Waals surface area contributed by atoms with Gasteiger partial charge in [-0.05, 0) is 48.9 Å². The topological polar surface area (TPSA) is 73.0 Å². The van der Waals surface area contributed by atoms with Crippen molar-refractivity contribution in [3.8, 4) is 0 Å². The van der Waals surface area contributed by atoms with E-state index in [9.17, 15) is 14.4 Å². The van der Waals surface area contributed by atoms with Crippen LogP contribution in [0.25, 0.3) is 0 Å². The maximum absolute atomic E-state index is 12.6. The van der Waals surface area contributed by atoms with Crippen molar-refractivity contribution in [3.63, 3.8) is 0 Å². The van der Waals surface area contributed by atoms with Gasteiger partial charge in [0.25, 0.3) is 0 Å². The molecule has 0 bridgehead atoms. The van der Waals surface area contributed by atoms with Crippen molar-refractivity contribution >= 4 is 46.5 Å². The normalized spacial score (nSPS) is 17.3. The van der Waals surface area contributed by atoms with Gasteiger partial charge >= 0.3 is 6.03 Å². The number of rotatable bonds is 3. The Morgan fingerprint density at radius 3 is 2.17 bits per heavy atom. The Hall–Kier alpha value is -3.06. The van der Waals surface area contributed by atoms with Crippen molar-refractivity contribution in [1.82, 2.24) is 4.90 Å². The van der Waals surface area contributed by atoms with Crippen molar-refractivity contribution in [2.45, 2.75) is 19.3 Å². The van der Waals surface area contributed by atoms with Crippen molar-refractivity contribution in [3.05, 3.63) is 53.6 Å². The molecule has 0 atom stereocenters. The number of halogens is 1. The van der Waals surface area contributed by atoms with E-state index in [-0.39, 0.29) is 17.8 Å². The highest BCUT2D eigenvalue weighted by atomic mass is 35.5. The predicted molar refractivity (Wildman–Crippen MR) is 117 cm³/mol. The largest absolute Gasteiger partial charge is 0.368 e. The first kappa shape index (κ1) is 20.2. The molecule has 30 heavy (non-hydrogen) atoms. The van der Waals surface area contributed by atoms with E-state index in [0.717, 1.165) is 18.8 Å². The van der Waals surface area contributed by atoms with Gasteiger partial charge in [-0.25, -0.2) is 4.79 Å². The van der Waals surface area contributed by atoms with Crippen LogP contribution in [0.3, 0.4) is 0 Å². The molecular weight excluding hydrogens is 404 g/mol. The van der Waals surface area contributed by atoms with Crippen molar-refractivity contribution < 1.29 is 14.4 Å². The summed E-state index contributed by atoms with van der Waals surface area (Å²) in [5.41, 5.74) is 2.22. The zero-order chi connectivity index (χ0) is 21.1. The van der Waals surface area contributed by atoms with Gasteiger partial charge in [0.15, 0.2) is 0 Å². The number of carbonyl (C=O) groups is 3. The number of amides is 4. The molecule has 2 aliphatic heterocycles. The molecule has 1 N–H and O–H groups in total. The molecular formula is C22H23ClN4O3. The highest BCUT2D eigenvalue weighted by Gasteiger charge is 2.27. The maximum Gasteiger partial charge on any atom is 0.321 e. The first-order valence-electron chi connectivity index (χ1n) is 10.0. The summed E-state index contributed by atoms with van der Waals surface area (Å²) in [7, 11) is 0. The number of hydrogen-bond acceptors (Lipinski definition) is 4. The smallest absolute Gasteiger partial charge is 0.321 e. The molecule has 2 saturated heterocycles. The van der Waals surface area contributed by atoms with Crippen LogP contribution in [0.5, 0.6) is 0 Å². The quantitative estimate of drug-likeness (QED) is 0.759. The fourth-order valence-corrected chi connectivity index (χ4v) is 3.96. The molecule has 0 aliphatic carbocycles. The SMILES string of the molecule is O=C(Nc1ccc(N2C(=O)CCCC2=O)cc1)N1CCN(c2cccc(Cl)c2)CC1. The highest BCUT2D eigenvalue weighted by Crippen LogP contribution is 2.24. The summed E-state index contributed by atoms with van der Waals surface area (Å²) in [5, 5.41) is 3.59. The van der Waals surface area contributed by atoms with Gasteiger partial charge in [0.1, 0.15) is 0 Å². The lowest BCUT2D eigenvalue weighted by molar-refractivity contribution is -0.129. The van der Waals surface area contributed by atoms with Crippen LogP contribution >= 0.6 is 11.6 Å². The summed E-state index contributed by atoms with van der Waals surface area (Å²) < 4.78 is 0. The van der Waals surface area contributed by atoms with Crippen LogP contribution in [-0.4, -0.2) is 48.9 Å². The van der Waals surface area contributed by atoms with Crippen LogP contribution in [-0.2, 0) is 9.59 Å². The van der Waals surface area contributed by atoms with Crippen LogP contribution in [0.15, 0.2) is 48.5 Å². The highest BCUT2D eigenvalue weighted by molar-refractivity contribution is 6.30. The van der Waals surface area contributed by atoms with Gasteiger partial charge in [0, 0.05) is 55.4 Å². The Morgan fingerprint density at radius 2 is 1.53 bits per heavy atom. The third kappa shape index (κ3) is 4.41. The molecule has 7 nitrogen and oxygen atoms in total. The van der Waals surface area contributed by atoms with Gasteiger partial charge in [-0.1, -0.05) is 17.7 Å². The van der Waals surface area contributed by atoms with E-state index in [1.807, 2.05) is 24.3 Å². The summed E-state index contributed by atoms with van der Waals surface area (Å²) in [6, 6.07) is 14.3. The summed E-state index contributed by atoms with van der Waals surface area (Å²) >= 11 is 6.07. The number of hydrogen-bond donors (Lipinski definition) is 1. The third-order valence-electron chi connectivity index (χ3n) is 5.40. The molecule has 156 valence electrons. The first-order chi connectivity index (χ1) is 14.5. The molecule has 0 saturated carbocycles. The lowest BCUT2D eigenvalue weighted by Gasteiger charge is -2.36. The first-order valence-corrected chi connectivity index (χ1v) is 10.4. The predicted octanol–water partition coefficient (Wildman–Crippen LogP) is 3.74. The van der Waals surface area contributed by atoms with E-state index in [2.05, 4.69) is 10.2 Å². The fourth-order valence-electron chi connectivity index (χ4n) is 3.78. The zero-order valence-corrected chi connectivity index (χ0v) is 17.3. The molecule has 0 unspecified atom stereocenters. The van der Waals surface area contributed by atoms with E-state index < -0.39 is 0 Å². The molecule has 0 aromatic heterocycles. The van der Waals surface area contributed by atoms with Crippen molar-refractivity contribution in [2.24, 2.45) is 0 Å². The lowest BCUT2D eigenvalue weighted by atomic mass is 10.1. The number of benzene rings is 2. The molecule has 8 heteroatoms. The standard InChI is InChI=1S/C22H23ClN4O3/c23-16-3-1-4-19(15-16)25-11-13-26(14-12-25)22(30)24-17-7-9-18(10-8-17)27-20(28)5-2-6-21(27)29/h1,3-4,7-10,15H,2,5-6,11-14H2,(H,24,30). The molecule has 2 aliphatic rings. The second kappa shape index (κ2) is 8.75. The second-order valence-corrected chi connectivity index (χ2v) is 7.84. The second-order valence-electron chi connectivity index (χ2n) is 7.41. The summed E-state index contributed by atoms with van der Waals surface area (Å²) in [6.07, 6.45) is 1.36. The Bertz CT molecular complexity index is 939. The van der Waals surface area contributed by atoms with Crippen LogP contribution < -0.4 is 15.1 Å². The van der Waals surface area contributed by atoms with E-state index in [1.54, 1.807) is 29.2 Å². The monoisotopic (exact) mass is 426 g/mol. The summed E-state index contributed by atoms with van der Waals surface area (Å²) in [6.45, 7) is 2.66. The van der Waals surface area contributed by atoms with Crippen LogP contribution in [0.4, 0.5) is 21.9 Å². The number of carbonyl (C=O) groups excluding carboxylic acids is 3. The number of nitrogens with zero attached hydrogens (tertiary/aromatic N) is 3. The number of imide groups is 1. The number of anilines is 3. The molecule has 2 heterocycles. The molecule has 2 fully saturated rings. The van der Waals surface area contributed by atoms with Crippen molar-refractivity contribution in [2.75, 3.05) is 41.3 Å². The van der Waals surface area contributed by atoms with Gasteiger partial charge in [0.2, 0.25) is 11.8 Å². The number of nitrogens with one attached hydrogen (secondary N) is 1. The fraction of sp³-hybridized carbons (Fsp3) is 0.318.